The number of hydrogen-bond donors (Lipinski definition) is 0. The van der Waals surface area contributed by atoms with Crippen LogP contribution < -0.4 is 0 Å². The Labute approximate surface area is 99.9 Å². The minimum atomic E-state index is -4.55. The van der Waals surface area contributed by atoms with Gasteiger partial charge in [-0.25, -0.2) is 9.78 Å². The van der Waals surface area contributed by atoms with Crippen LogP contribution in [0, 0.1) is 0 Å². The monoisotopic (exact) mass is 265 g/mol. The van der Waals surface area contributed by atoms with Crippen LogP contribution in [0.1, 0.15) is 11.3 Å². The second-order valence-electron chi connectivity index (χ2n) is 2.93. The molecule has 0 saturated carbocycles. The van der Waals surface area contributed by atoms with Crippen LogP contribution >= 0.6 is 11.6 Å². The molecule has 3 nitrogen and oxygen atoms in total. The van der Waals surface area contributed by atoms with Crippen molar-refractivity contribution >= 4 is 23.6 Å². The third kappa shape index (κ3) is 3.74. The molecule has 1 rings (SSSR count). The third-order valence-electron chi connectivity index (χ3n) is 1.77. The van der Waals surface area contributed by atoms with E-state index < -0.39 is 17.8 Å². The van der Waals surface area contributed by atoms with Crippen LogP contribution in [0.2, 0.25) is 5.15 Å². The van der Waals surface area contributed by atoms with E-state index in [-0.39, 0.29) is 10.7 Å². The number of aromatic nitrogens is 1. The quantitative estimate of drug-likeness (QED) is 0.469. The van der Waals surface area contributed by atoms with Gasteiger partial charge in [0.15, 0.2) is 0 Å². The Kier molecular flexibility index (Phi) is 4.11. The fourth-order valence-corrected chi connectivity index (χ4v) is 1.17. The Morgan fingerprint density at radius 2 is 2.12 bits per heavy atom. The second-order valence-corrected chi connectivity index (χ2v) is 3.29. The fraction of sp³-hybridized carbons (Fsp3) is 0.200. The number of carbonyl (C=O) groups excluding carboxylic acids is 1. The molecule has 1 heterocycles. The van der Waals surface area contributed by atoms with Crippen molar-refractivity contribution in [3.63, 3.8) is 0 Å². The van der Waals surface area contributed by atoms with Crippen LogP contribution in [0.5, 0.6) is 0 Å². The van der Waals surface area contributed by atoms with Crippen molar-refractivity contribution in [2.24, 2.45) is 0 Å². The average molecular weight is 266 g/mol. The lowest BCUT2D eigenvalue weighted by atomic mass is 10.2. The summed E-state index contributed by atoms with van der Waals surface area (Å²) in [6.45, 7) is 0. The number of methoxy groups -OCH3 is 1. The number of carbonyl (C=O) groups is 1. The van der Waals surface area contributed by atoms with E-state index in [2.05, 4.69) is 9.72 Å². The first-order chi connectivity index (χ1) is 7.84. The molecular formula is C10H7ClF3NO2. The Morgan fingerprint density at radius 1 is 1.47 bits per heavy atom. The molecule has 17 heavy (non-hydrogen) atoms. The summed E-state index contributed by atoms with van der Waals surface area (Å²) in [5.41, 5.74) is -0.886. The highest BCUT2D eigenvalue weighted by molar-refractivity contribution is 6.30. The Hall–Kier alpha value is -1.56. The molecular weight excluding hydrogens is 259 g/mol. The number of halogens is 4. The van der Waals surface area contributed by atoms with Gasteiger partial charge in [0.1, 0.15) is 10.8 Å². The van der Waals surface area contributed by atoms with Crippen LogP contribution in [0.25, 0.3) is 6.08 Å². The van der Waals surface area contributed by atoms with Crippen molar-refractivity contribution in [3.05, 3.63) is 34.6 Å². The molecule has 0 N–H and O–H groups in total. The summed E-state index contributed by atoms with van der Waals surface area (Å²) in [4.78, 5) is 14.0. The van der Waals surface area contributed by atoms with Crippen LogP contribution in [0.4, 0.5) is 13.2 Å². The zero-order valence-corrected chi connectivity index (χ0v) is 9.34. The number of esters is 1. The lowest BCUT2D eigenvalue weighted by molar-refractivity contribution is -0.141. The van der Waals surface area contributed by atoms with E-state index in [0.717, 1.165) is 18.2 Å². The molecule has 92 valence electrons. The highest BCUT2D eigenvalue weighted by Gasteiger charge is 2.32. The van der Waals surface area contributed by atoms with Crippen molar-refractivity contribution in [1.29, 1.82) is 0 Å². The van der Waals surface area contributed by atoms with E-state index in [1.165, 1.54) is 13.2 Å². The highest BCUT2D eigenvalue weighted by atomic mass is 35.5. The first kappa shape index (κ1) is 13.5. The van der Waals surface area contributed by atoms with E-state index in [0.29, 0.717) is 0 Å². The smallest absolute Gasteiger partial charge is 0.433 e. The molecule has 1 aromatic heterocycles. The maximum atomic E-state index is 12.3. The fourth-order valence-electron chi connectivity index (χ4n) is 0.953. The van der Waals surface area contributed by atoms with Crippen LogP contribution in [0.15, 0.2) is 18.2 Å². The number of ether oxygens (including phenoxy) is 1. The summed E-state index contributed by atoms with van der Waals surface area (Å²) in [5, 5.41) is -0.333. The molecule has 0 radical (unpaired) electrons. The Balaban J connectivity index is 2.99. The number of rotatable bonds is 2. The summed E-state index contributed by atoms with van der Waals surface area (Å²) in [5.74, 6) is -0.638. The molecule has 0 aliphatic carbocycles. The molecule has 0 saturated heterocycles. The second kappa shape index (κ2) is 5.18. The maximum Gasteiger partial charge on any atom is 0.433 e. The van der Waals surface area contributed by atoms with E-state index in [9.17, 15) is 18.0 Å². The van der Waals surface area contributed by atoms with Gasteiger partial charge >= 0.3 is 12.1 Å². The summed E-state index contributed by atoms with van der Waals surface area (Å²) in [6, 6.07) is 1.90. The molecule has 0 aliphatic heterocycles. The first-order valence-corrected chi connectivity index (χ1v) is 4.72. The standard InChI is InChI=1S/C10H7ClF3NO2/c1-17-8(16)5-3-6-2-4-7(10(12,13)14)15-9(6)11/h2-5H,1H3. The molecule has 0 atom stereocenters. The summed E-state index contributed by atoms with van der Waals surface area (Å²) in [7, 11) is 1.18. The molecule has 0 fully saturated rings. The largest absolute Gasteiger partial charge is 0.466 e. The van der Waals surface area contributed by atoms with Crippen molar-refractivity contribution in [3.8, 4) is 0 Å². The average Bonchev–Trinajstić information content (AvgIpc) is 2.25. The van der Waals surface area contributed by atoms with Crippen LogP contribution in [0.3, 0.4) is 0 Å². The molecule has 1 aromatic rings. The number of nitrogens with zero attached hydrogens (tertiary/aromatic N) is 1. The molecule has 0 bridgehead atoms. The highest BCUT2D eigenvalue weighted by Crippen LogP contribution is 2.29. The minimum absolute atomic E-state index is 0.199. The van der Waals surface area contributed by atoms with Gasteiger partial charge in [0.2, 0.25) is 0 Å². The molecule has 0 unspecified atom stereocenters. The van der Waals surface area contributed by atoms with Crippen molar-refractivity contribution in [1.82, 2.24) is 4.98 Å². The Bertz CT molecular complexity index is 457. The first-order valence-electron chi connectivity index (χ1n) is 4.34. The number of alkyl halides is 3. The lowest BCUT2D eigenvalue weighted by Crippen LogP contribution is -2.08. The molecule has 0 spiro atoms. The zero-order valence-electron chi connectivity index (χ0n) is 8.58. The maximum absolute atomic E-state index is 12.3. The van der Waals surface area contributed by atoms with Gasteiger partial charge in [-0.3, -0.25) is 0 Å². The SMILES string of the molecule is COC(=O)C=Cc1ccc(C(F)(F)F)nc1Cl. The molecule has 7 heteroatoms. The third-order valence-corrected chi connectivity index (χ3v) is 2.07. The van der Waals surface area contributed by atoms with E-state index in [1.54, 1.807) is 0 Å². The van der Waals surface area contributed by atoms with Gasteiger partial charge in [0.05, 0.1) is 7.11 Å². The van der Waals surface area contributed by atoms with Gasteiger partial charge in [-0.05, 0) is 18.2 Å². The lowest BCUT2D eigenvalue weighted by Gasteiger charge is -2.06. The van der Waals surface area contributed by atoms with Gasteiger partial charge in [-0.15, -0.1) is 0 Å². The van der Waals surface area contributed by atoms with Gasteiger partial charge in [0.25, 0.3) is 0 Å². The number of pyridine rings is 1. The molecule has 0 aromatic carbocycles. The summed E-state index contributed by atoms with van der Waals surface area (Å²) in [6.07, 6.45) is -2.29. The van der Waals surface area contributed by atoms with Gasteiger partial charge in [0, 0.05) is 11.6 Å². The van der Waals surface area contributed by atoms with Gasteiger partial charge < -0.3 is 4.74 Å². The minimum Gasteiger partial charge on any atom is -0.466 e. The number of hydrogen-bond acceptors (Lipinski definition) is 3. The van der Waals surface area contributed by atoms with E-state index in [4.69, 9.17) is 11.6 Å². The predicted octanol–water partition coefficient (Wildman–Crippen LogP) is 2.94. The zero-order chi connectivity index (χ0) is 13.1. The van der Waals surface area contributed by atoms with Crippen molar-refractivity contribution in [2.45, 2.75) is 6.18 Å². The van der Waals surface area contributed by atoms with E-state index in [1.807, 2.05) is 0 Å². The van der Waals surface area contributed by atoms with Gasteiger partial charge in [-0.1, -0.05) is 11.6 Å². The van der Waals surface area contributed by atoms with Crippen molar-refractivity contribution in [2.75, 3.05) is 7.11 Å². The van der Waals surface area contributed by atoms with Gasteiger partial charge in [-0.2, -0.15) is 13.2 Å². The Morgan fingerprint density at radius 3 is 2.59 bits per heavy atom. The normalized spacial score (nSPS) is 11.8. The topological polar surface area (TPSA) is 39.2 Å². The summed E-state index contributed by atoms with van der Waals surface area (Å²) >= 11 is 5.55. The van der Waals surface area contributed by atoms with Crippen LogP contribution in [-0.2, 0) is 15.7 Å². The van der Waals surface area contributed by atoms with Crippen molar-refractivity contribution < 1.29 is 22.7 Å². The molecule has 0 amide bonds. The van der Waals surface area contributed by atoms with Crippen LogP contribution in [-0.4, -0.2) is 18.1 Å². The molecule has 0 aliphatic rings. The predicted molar refractivity (Wildman–Crippen MR) is 55.3 cm³/mol. The van der Waals surface area contributed by atoms with E-state index >= 15 is 0 Å². The summed E-state index contributed by atoms with van der Waals surface area (Å²) < 4.78 is 41.1.